The third-order valence-corrected chi connectivity index (χ3v) is 11.7. The third kappa shape index (κ3) is 12.1. The van der Waals surface area contributed by atoms with Gasteiger partial charge in [-0.25, -0.2) is 21.6 Å². The summed E-state index contributed by atoms with van der Waals surface area (Å²) >= 11 is 0. The first-order valence-corrected chi connectivity index (χ1v) is 22.0. The molecule has 0 saturated heterocycles. The molecule has 3 aromatic rings. The van der Waals surface area contributed by atoms with Gasteiger partial charge in [0.2, 0.25) is 0 Å². The predicted molar refractivity (Wildman–Crippen MR) is 221 cm³/mol. The van der Waals surface area contributed by atoms with Gasteiger partial charge < -0.3 is 44.6 Å². The predicted octanol–water partition coefficient (Wildman–Crippen LogP) is 2.31. The van der Waals surface area contributed by atoms with E-state index >= 15 is 0 Å². The van der Waals surface area contributed by atoms with Crippen LogP contribution in [-0.2, 0) is 26.7 Å². The molecule has 0 spiro atoms. The number of fused-ring (bicyclic) bond motifs is 2. The Morgan fingerprint density at radius 3 is 1.76 bits per heavy atom. The quantitative estimate of drug-likeness (QED) is 0.0482. The van der Waals surface area contributed by atoms with Crippen molar-refractivity contribution in [1.29, 1.82) is 5.41 Å². The lowest BCUT2D eigenvalue weighted by Crippen LogP contribution is -3.11. The molecule has 1 aliphatic carbocycles. The lowest BCUT2D eigenvalue weighted by atomic mass is 9.89. The number of carbonyl (C=O) groups excluding carboxylic acids is 1. The van der Waals surface area contributed by atoms with E-state index in [1.807, 2.05) is 0 Å². The average Bonchev–Trinajstić information content (AvgIpc) is 3.18. The summed E-state index contributed by atoms with van der Waals surface area (Å²) in [5.41, 5.74) is 4.15. The van der Waals surface area contributed by atoms with E-state index < -0.39 is 69.9 Å². The van der Waals surface area contributed by atoms with Gasteiger partial charge in [-0.3, -0.25) is 10.2 Å². The highest BCUT2D eigenvalue weighted by atomic mass is 32.2. The molecule has 3 aromatic carbocycles. The van der Waals surface area contributed by atoms with Crippen molar-refractivity contribution in [2.45, 2.75) is 57.8 Å². The number of carboxylic acids is 1. The summed E-state index contributed by atoms with van der Waals surface area (Å²) in [6.45, 7) is 21.1. The Morgan fingerprint density at radius 2 is 1.29 bits per heavy atom. The first-order chi connectivity index (χ1) is 27.8. The van der Waals surface area contributed by atoms with Crippen LogP contribution in [0.25, 0.3) is 33.4 Å². The van der Waals surface area contributed by atoms with E-state index in [0.29, 0.717) is 6.42 Å². The molecule has 320 valence electrons. The first-order valence-electron chi connectivity index (χ1n) is 19.2. The third-order valence-electron chi connectivity index (χ3n) is 9.91. The summed E-state index contributed by atoms with van der Waals surface area (Å²) in [6.07, 6.45) is 0.401. The minimum Gasteiger partial charge on any atom is -0.744 e. The second-order valence-electron chi connectivity index (χ2n) is 13.4. The zero-order valence-corrected chi connectivity index (χ0v) is 35.6. The van der Waals surface area contributed by atoms with Gasteiger partial charge in [0.15, 0.2) is 11.3 Å². The molecule has 0 unspecified atom stereocenters. The molecule has 0 atom stereocenters. The smallest absolute Gasteiger partial charge is 0.336 e. The number of rotatable bonds is 14. The second kappa shape index (κ2) is 21.1. The highest BCUT2D eigenvalue weighted by Gasteiger charge is 2.29. The van der Waals surface area contributed by atoms with Crippen molar-refractivity contribution >= 4 is 48.8 Å². The monoisotopic (exact) mass is 855 g/mol. The number of carbonyl (C=O) groups is 2. The van der Waals surface area contributed by atoms with E-state index in [4.69, 9.17) is 15.6 Å². The van der Waals surface area contributed by atoms with Crippen LogP contribution >= 0.6 is 0 Å². The minimum atomic E-state index is -5.43. The Labute approximate surface area is 344 Å². The molecule has 1 amide bonds. The van der Waals surface area contributed by atoms with Gasteiger partial charge in [0.25, 0.3) is 5.91 Å². The molecule has 8 N–H and O–H groups in total. The molecule has 1 aliphatic heterocycles. The summed E-state index contributed by atoms with van der Waals surface area (Å²) in [6, 6.07) is 14.2. The largest absolute Gasteiger partial charge is 0.744 e. The first kappa shape index (κ1) is 48.0. The maximum absolute atomic E-state index is 12.9. The minimum absolute atomic E-state index is 0.0700. The van der Waals surface area contributed by atoms with Crippen LogP contribution in [0.5, 0.6) is 5.75 Å². The Hall–Kier alpha value is -5.37. The van der Waals surface area contributed by atoms with E-state index in [1.54, 1.807) is 21.9 Å². The summed E-state index contributed by atoms with van der Waals surface area (Å²) in [4.78, 5) is 26.5. The van der Waals surface area contributed by atoms with E-state index in [2.05, 4.69) is 46.9 Å². The molecular formula is C41H53N5O11S2. The van der Waals surface area contributed by atoms with Gasteiger partial charge in [-0.2, -0.15) is 0 Å². The number of carboxylic acid groups (broad SMARTS) is 1. The Kier molecular flexibility index (Phi) is 17.1. The Morgan fingerprint density at radius 1 is 0.763 bits per heavy atom. The van der Waals surface area contributed by atoms with E-state index in [1.165, 1.54) is 75.7 Å². The van der Waals surface area contributed by atoms with Crippen LogP contribution in [0, 0.1) is 5.41 Å². The molecule has 18 heteroatoms. The van der Waals surface area contributed by atoms with Crippen molar-refractivity contribution in [2.75, 3.05) is 51.5 Å². The van der Waals surface area contributed by atoms with Crippen molar-refractivity contribution in [3.05, 3.63) is 88.8 Å². The fraction of sp³-hybridized carbons (Fsp3) is 0.341. The zero-order chi connectivity index (χ0) is 44.2. The molecule has 0 bridgehead atoms. The van der Waals surface area contributed by atoms with Crippen LogP contribution in [0.2, 0.25) is 0 Å². The number of quaternary nitrogens is 2. The van der Waals surface area contributed by atoms with Crippen LogP contribution in [-0.4, -0.2) is 93.8 Å². The number of nitrogens with one attached hydrogen (secondary N) is 4. The number of phenolic OH excluding ortho intramolecular Hbond substituents is 1. The molecule has 5 rings (SSSR count). The Balaban J connectivity index is 0.000000569. The van der Waals surface area contributed by atoms with Gasteiger partial charge in [-0.15, -0.1) is 0 Å². The molecule has 0 radical (unpaired) electrons. The van der Waals surface area contributed by atoms with Crippen molar-refractivity contribution in [1.82, 2.24) is 5.32 Å². The summed E-state index contributed by atoms with van der Waals surface area (Å²) in [5.74, 6) is -2.89. The van der Waals surface area contributed by atoms with Gasteiger partial charge in [-0.05, 0) is 108 Å². The molecule has 0 saturated carbocycles. The van der Waals surface area contributed by atoms with Gasteiger partial charge in [0, 0.05) is 28.6 Å². The number of anilines is 1. The normalized spacial score (nSPS) is 11.6. The number of aromatic hydroxyl groups is 1. The average molecular weight is 856 g/mol. The van der Waals surface area contributed by atoms with Crippen molar-refractivity contribution < 1.29 is 60.0 Å². The molecule has 59 heavy (non-hydrogen) atoms. The number of benzene rings is 4. The van der Waals surface area contributed by atoms with E-state index in [-0.39, 0.29) is 39.9 Å². The summed E-state index contributed by atoms with van der Waals surface area (Å²) < 4.78 is 78.8. The zero-order valence-electron chi connectivity index (χ0n) is 34.0. The maximum Gasteiger partial charge on any atom is 0.336 e. The standard InChI is InChI=1S/C29H23N3O11S2.2C6H15N/c30-21-9-7-18-23(19-8-10-22(31)27(45(40,41)42)25(19)43-24(18)26(21)44(37,38)39)17-6-3-15(13-20(17)29(35)36)28(34)32-12-11-14-1-4-16(33)5-2-14;2*1-4-7(5-2)6-3/h1-10,13,30,33H,11-12,31H2,(H,32,34)(H,35,36)(H,37,38,39)(H,40,41,42);2*4-6H2,1-3H3. The van der Waals surface area contributed by atoms with Gasteiger partial charge in [0.1, 0.15) is 35.8 Å². The van der Waals surface area contributed by atoms with Crippen molar-refractivity contribution in [2.24, 2.45) is 0 Å². The molecule has 16 nitrogen and oxygen atoms in total. The summed E-state index contributed by atoms with van der Waals surface area (Å²) in [5, 5.41) is 29.3. The van der Waals surface area contributed by atoms with Crippen LogP contribution in [0.3, 0.4) is 0 Å². The fourth-order valence-electron chi connectivity index (χ4n) is 6.45. The molecular weight excluding hydrogens is 803 g/mol. The van der Waals surface area contributed by atoms with Crippen molar-refractivity contribution in [3.8, 4) is 28.2 Å². The number of hydrogen-bond acceptors (Lipinski definition) is 12. The number of nitrogen functional groups attached to an aromatic ring is 1. The number of aromatic carboxylic acids is 1. The highest BCUT2D eigenvalue weighted by molar-refractivity contribution is 7.86. The SMILES string of the molecule is CC[NH+](CC)CC.CC[NH+](CC)CC.N=c1ccc2c(-c3ccc(C(=O)NCCc4ccc(O)cc4)cc3C(=O)O)c3ccc(N)c(S(=O)(=O)[O-])c3oc-2c1S(=O)(=O)[O-]. The van der Waals surface area contributed by atoms with E-state index in [9.17, 15) is 45.7 Å². The number of nitrogens with two attached hydrogens (primary N) is 1. The van der Waals surface area contributed by atoms with Crippen LogP contribution < -0.4 is 26.2 Å². The lowest BCUT2D eigenvalue weighted by molar-refractivity contribution is -0.894. The molecule has 1 heterocycles. The fourth-order valence-corrected chi connectivity index (χ4v) is 7.90. The van der Waals surface area contributed by atoms with E-state index in [0.717, 1.165) is 23.8 Å². The second-order valence-corrected chi connectivity index (χ2v) is 16.1. The molecule has 2 aliphatic rings. The van der Waals surface area contributed by atoms with Gasteiger partial charge in [-0.1, -0.05) is 18.2 Å². The van der Waals surface area contributed by atoms with Crippen molar-refractivity contribution in [3.63, 3.8) is 0 Å². The number of phenols is 1. The van der Waals surface area contributed by atoms with Crippen LogP contribution in [0.4, 0.5) is 5.69 Å². The molecule has 0 fully saturated rings. The summed E-state index contributed by atoms with van der Waals surface area (Å²) in [7, 11) is -10.8. The topological polar surface area (TPSA) is 273 Å². The Bertz CT molecular complexity index is 2480. The number of hydrogen-bond donors (Lipinski definition) is 7. The van der Waals surface area contributed by atoms with Gasteiger partial charge in [0.05, 0.1) is 55.9 Å². The van der Waals surface area contributed by atoms with Crippen LogP contribution in [0.15, 0.2) is 80.9 Å². The maximum atomic E-state index is 12.9. The van der Waals surface area contributed by atoms with Gasteiger partial charge >= 0.3 is 5.97 Å². The van der Waals surface area contributed by atoms with Crippen LogP contribution in [0.1, 0.15) is 67.8 Å². The lowest BCUT2D eigenvalue weighted by Gasteiger charge is -2.22. The highest BCUT2D eigenvalue weighted by Crippen LogP contribution is 2.45. The number of amides is 1. The molecule has 0 aromatic heterocycles.